The fraction of sp³-hybridized carbons (Fsp3) is 0.100. The van der Waals surface area contributed by atoms with Gasteiger partial charge in [-0.2, -0.15) is 5.10 Å². The van der Waals surface area contributed by atoms with Crippen molar-refractivity contribution in [1.29, 1.82) is 0 Å². The highest BCUT2D eigenvalue weighted by Gasteiger charge is 2.11. The van der Waals surface area contributed by atoms with Gasteiger partial charge in [0.1, 0.15) is 10.7 Å². The Morgan fingerprint density at radius 3 is 2.87 bits per heavy atom. The quantitative estimate of drug-likeness (QED) is 0.472. The molecule has 4 nitrogen and oxygen atoms in total. The fourth-order valence-corrected chi connectivity index (χ4v) is 2.00. The number of pyridine rings is 1. The van der Waals surface area contributed by atoms with Crippen LogP contribution in [0.2, 0.25) is 0 Å². The van der Waals surface area contributed by atoms with Crippen LogP contribution in [0.4, 0.5) is 0 Å². The van der Waals surface area contributed by atoms with Crippen LogP contribution >= 0.6 is 11.3 Å². The molecule has 2 aromatic rings. The summed E-state index contributed by atoms with van der Waals surface area (Å²) in [6.45, 7) is 1.94. The van der Waals surface area contributed by atoms with Crippen molar-refractivity contribution in [2.24, 2.45) is 10.9 Å². The van der Waals surface area contributed by atoms with Crippen molar-refractivity contribution in [2.75, 3.05) is 0 Å². The van der Waals surface area contributed by atoms with Crippen LogP contribution in [-0.2, 0) is 0 Å². The van der Waals surface area contributed by atoms with Gasteiger partial charge in [-0.3, -0.25) is 4.98 Å². The SMILES string of the molecule is Cc1csc(C(=NN)c2ccccn2)n1. The molecule has 2 heterocycles. The second-order valence-corrected chi connectivity index (χ2v) is 3.84. The summed E-state index contributed by atoms with van der Waals surface area (Å²) in [7, 11) is 0. The van der Waals surface area contributed by atoms with Gasteiger partial charge in [0, 0.05) is 17.3 Å². The first-order chi connectivity index (χ1) is 7.31. The molecule has 2 rings (SSSR count). The number of hydrazone groups is 1. The van der Waals surface area contributed by atoms with Gasteiger partial charge in [0.15, 0.2) is 0 Å². The monoisotopic (exact) mass is 218 g/mol. The molecular weight excluding hydrogens is 208 g/mol. The summed E-state index contributed by atoms with van der Waals surface area (Å²) in [6.07, 6.45) is 1.71. The van der Waals surface area contributed by atoms with Gasteiger partial charge in [-0.25, -0.2) is 4.98 Å². The molecule has 76 valence electrons. The lowest BCUT2D eigenvalue weighted by molar-refractivity contribution is 1.18. The molecule has 0 unspecified atom stereocenters. The molecule has 0 bridgehead atoms. The highest BCUT2D eigenvalue weighted by atomic mass is 32.1. The minimum absolute atomic E-state index is 0.633. The van der Waals surface area contributed by atoms with Crippen LogP contribution in [0.1, 0.15) is 16.4 Å². The van der Waals surface area contributed by atoms with E-state index in [1.807, 2.05) is 30.5 Å². The van der Waals surface area contributed by atoms with Crippen LogP contribution in [0.25, 0.3) is 0 Å². The number of aryl methyl sites for hydroxylation is 1. The molecule has 0 aliphatic carbocycles. The summed E-state index contributed by atoms with van der Waals surface area (Å²) in [5.74, 6) is 5.36. The summed E-state index contributed by atoms with van der Waals surface area (Å²) in [6, 6.07) is 5.61. The fourth-order valence-electron chi connectivity index (χ4n) is 1.20. The maximum absolute atomic E-state index is 5.36. The Morgan fingerprint density at radius 1 is 1.47 bits per heavy atom. The average Bonchev–Trinajstić information content (AvgIpc) is 2.68. The molecule has 0 saturated heterocycles. The summed E-state index contributed by atoms with van der Waals surface area (Å²) in [5.41, 5.74) is 2.34. The molecule has 2 N–H and O–H groups in total. The molecular formula is C10H10N4S. The van der Waals surface area contributed by atoms with Crippen LogP contribution < -0.4 is 5.84 Å². The molecule has 0 radical (unpaired) electrons. The zero-order valence-electron chi connectivity index (χ0n) is 8.21. The Balaban J connectivity index is 2.43. The molecule has 0 atom stereocenters. The highest BCUT2D eigenvalue weighted by Crippen LogP contribution is 2.13. The Hall–Kier alpha value is -1.75. The topological polar surface area (TPSA) is 64.2 Å². The minimum atomic E-state index is 0.633. The van der Waals surface area contributed by atoms with Crippen molar-refractivity contribution in [2.45, 2.75) is 6.92 Å². The average molecular weight is 218 g/mol. The minimum Gasteiger partial charge on any atom is -0.323 e. The summed E-state index contributed by atoms with van der Waals surface area (Å²) < 4.78 is 0. The van der Waals surface area contributed by atoms with Crippen LogP contribution in [-0.4, -0.2) is 15.7 Å². The van der Waals surface area contributed by atoms with Gasteiger partial charge >= 0.3 is 0 Å². The molecule has 2 aromatic heterocycles. The predicted molar refractivity (Wildman–Crippen MR) is 60.9 cm³/mol. The van der Waals surface area contributed by atoms with Gasteiger partial charge in [-0.15, -0.1) is 11.3 Å². The van der Waals surface area contributed by atoms with Crippen molar-refractivity contribution in [3.8, 4) is 0 Å². The number of thiazole rings is 1. The predicted octanol–water partition coefficient (Wildman–Crippen LogP) is 1.56. The van der Waals surface area contributed by atoms with E-state index in [4.69, 9.17) is 5.84 Å². The number of hydrogen-bond donors (Lipinski definition) is 1. The van der Waals surface area contributed by atoms with Crippen molar-refractivity contribution in [1.82, 2.24) is 9.97 Å². The molecule has 0 amide bonds. The second-order valence-electron chi connectivity index (χ2n) is 2.99. The Morgan fingerprint density at radius 2 is 2.33 bits per heavy atom. The second kappa shape index (κ2) is 4.18. The van der Waals surface area contributed by atoms with E-state index in [-0.39, 0.29) is 0 Å². The summed E-state index contributed by atoms with van der Waals surface area (Å²) >= 11 is 1.52. The number of aromatic nitrogens is 2. The van der Waals surface area contributed by atoms with Gasteiger partial charge in [0.2, 0.25) is 0 Å². The highest BCUT2D eigenvalue weighted by molar-refractivity contribution is 7.12. The van der Waals surface area contributed by atoms with Crippen molar-refractivity contribution in [3.63, 3.8) is 0 Å². The summed E-state index contributed by atoms with van der Waals surface area (Å²) in [5, 5.41) is 6.51. The first kappa shape index (κ1) is 9.79. The molecule has 0 spiro atoms. The van der Waals surface area contributed by atoms with E-state index in [1.165, 1.54) is 11.3 Å². The van der Waals surface area contributed by atoms with Crippen LogP contribution in [0.3, 0.4) is 0 Å². The largest absolute Gasteiger partial charge is 0.323 e. The molecule has 15 heavy (non-hydrogen) atoms. The third-order valence-electron chi connectivity index (χ3n) is 1.86. The maximum Gasteiger partial charge on any atom is 0.146 e. The molecule has 0 aromatic carbocycles. The lowest BCUT2D eigenvalue weighted by Crippen LogP contribution is -2.07. The molecule has 5 heteroatoms. The van der Waals surface area contributed by atoms with E-state index in [9.17, 15) is 0 Å². The lowest BCUT2D eigenvalue weighted by atomic mass is 10.2. The van der Waals surface area contributed by atoms with E-state index < -0.39 is 0 Å². The van der Waals surface area contributed by atoms with E-state index in [0.29, 0.717) is 5.71 Å². The van der Waals surface area contributed by atoms with E-state index in [1.54, 1.807) is 6.20 Å². The van der Waals surface area contributed by atoms with Gasteiger partial charge in [0.25, 0.3) is 0 Å². The third kappa shape index (κ3) is 2.02. The number of rotatable bonds is 2. The number of nitrogens with two attached hydrogens (primary N) is 1. The van der Waals surface area contributed by atoms with Crippen molar-refractivity contribution < 1.29 is 0 Å². The van der Waals surface area contributed by atoms with Crippen molar-refractivity contribution in [3.05, 3.63) is 46.2 Å². The Labute approximate surface area is 91.5 Å². The standard InChI is InChI=1S/C10H10N4S/c1-7-6-15-10(13-7)9(14-11)8-4-2-3-5-12-8/h2-6H,11H2,1H3. The zero-order valence-corrected chi connectivity index (χ0v) is 9.03. The molecule has 0 fully saturated rings. The maximum atomic E-state index is 5.36. The third-order valence-corrected chi connectivity index (χ3v) is 2.83. The van der Waals surface area contributed by atoms with Crippen LogP contribution in [0, 0.1) is 6.92 Å². The smallest absolute Gasteiger partial charge is 0.146 e. The first-order valence-corrected chi connectivity index (χ1v) is 5.31. The van der Waals surface area contributed by atoms with Crippen LogP contribution in [0.15, 0.2) is 34.9 Å². The molecule has 0 aliphatic heterocycles. The van der Waals surface area contributed by atoms with Gasteiger partial charge in [-0.1, -0.05) is 6.07 Å². The number of hydrogen-bond acceptors (Lipinski definition) is 5. The van der Waals surface area contributed by atoms with Crippen LogP contribution in [0.5, 0.6) is 0 Å². The van der Waals surface area contributed by atoms with E-state index in [0.717, 1.165) is 16.4 Å². The Kier molecular flexibility index (Phi) is 2.73. The normalized spacial score (nSPS) is 11.7. The number of nitrogens with zero attached hydrogens (tertiary/aromatic N) is 3. The van der Waals surface area contributed by atoms with Gasteiger partial charge in [-0.05, 0) is 19.1 Å². The molecule has 0 saturated carbocycles. The zero-order chi connectivity index (χ0) is 10.7. The Bertz CT molecular complexity index is 475. The van der Waals surface area contributed by atoms with E-state index in [2.05, 4.69) is 15.1 Å². The van der Waals surface area contributed by atoms with Gasteiger partial charge < -0.3 is 5.84 Å². The molecule has 0 aliphatic rings. The first-order valence-electron chi connectivity index (χ1n) is 4.43. The van der Waals surface area contributed by atoms with E-state index >= 15 is 0 Å². The van der Waals surface area contributed by atoms with Crippen molar-refractivity contribution >= 4 is 17.0 Å². The van der Waals surface area contributed by atoms with Gasteiger partial charge in [0.05, 0.1) is 5.69 Å². The summed E-state index contributed by atoms with van der Waals surface area (Å²) in [4.78, 5) is 8.52. The lowest BCUT2D eigenvalue weighted by Gasteiger charge is -1.99.